The Balaban J connectivity index is 1.27. The average Bonchev–Trinajstić information content (AvgIpc) is 3.48. The van der Waals surface area contributed by atoms with Crippen LogP contribution in [0.1, 0.15) is 136 Å². The van der Waals surface area contributed by atoms with Crippen LogP contribution in [-0.4, -0.2) is 9.97 Å². The Hall–Kier alpha value is -1.78. The molecule has 7 rings (SSSR count). The van der Waals surface area contributed by atoms with E-state index in [9.17, 15) is 0 Å². The van der Waals surface area contributed by atoms with Crippen molar-refractivity contribution in [3.63, 3.8) is 0 Å². The van der Waals surface area contributed by atoms with Gasteiger partial charge in [0.15, 0.2) is 0 Å². The summed E-state index contributed by atoms with van der Waals surface area (Å²) in [6.45, 7) is 2.46. The zero-order chi connectivity index (χ0) is 25.5. The van der Waals surface area contributed by atoms with Crippen molar-refractivity contribution in [2.75, 3.05) is 0 Å². The Labute approximate surface area is 236 Å². The summed E-state index contributed by atoms with van der Waals surface area (Å²) >= 11 is 3.92. The summed E-state index contributed by atoms with van der Waals surface area (Å²) < 4.78 is 2.75. The van der Waals surface area contributed by atoms with Crippen LogP contribution in [0.2, 0.25) is 0 Å². The van der Waals surface area contributed by atoms with Crippen LogP contribution in [-0.2, 0) is 5.41 Å². The van der Waals surface area contributed by atoms with Gasteiger partial charge >= 0.3 is 0 Å². The summed E-state index contributed by atoms with van der Waals surface area (Å²) in [7, 11) is 0. The Morgan fingerprint density at radius 1 is 0.632 bits per heavy atom. The fraction of sp³-hybridized carbons (Fsp3) is 0.588. The molecule has 200 valence electrons. The van der Waals surface area contributed by atoms with Gasteiger partial charge in [0.25, 0.3) is 0 Å². The highest BCUT2D eigenvalue weighted by Crippen LogP contribution is 2.49. The number of hydrogen-bond donors (Lipinski definition) is 0. The maximum Gasteiger partial charge on any atom is 0.0969 e. The smallest absolute Gasteiger partial charge is 0.0969 e. The maximum absolute atomic E-state index is 5.29. The molecule has 3 fully saturated rings. The molecule has 38 heavy (non-hydrogen) atoms. The van der Waals surface area contributed by atoms with Gasteiger partial charge in [0.05, 0.1) is 30.4 Å². The lowest BCUT2D eigenvalue weighted by Gasteiger charge is -2.41. The lowest BCUT2D eigenvalue weighted by atomic mass is 9.62. The predicted octanol–water partition coefficient (Wildman–Crippen LogP) is 10.9. The van der Waals surface area contributed by atoms with E-state index in [-0.39, 0.29) is 5.41 Å². The molecule has 0 saturated heterocycles. The van der Waals surface area contributed by atoms with Crippen molar-refractivity contribution in [3.05, 3.63) is 57.5 Å². The van der Waals surface area contributed by atoms with E-state index in [1.165, 1.54) is 138 Å². The van der Waals surface area contributed by atoms with Gasteiger partial charge in [-0.25, -0.2) is 9.97 Å². The topological polar surface area (TPSA) is 25.8 Å². The molecule has 2 heterocycles. The van der Waals surface area contributed by atoms with Crippen LogP contribution in [0.3, 0.4) is 0 Å². The van der Waals surface area contributed by atoms with E-state index < -0.39 is 0 Å². The summed E-state index contributed by atoms with van der Waals surface area (Å²) in [6, 6.07) is 14.6. The molecule has 0 N–H and O–H groups in total. The van der Waals surface area contributed by atoms with Gasteiger partial charge in [-0.2, -0.15) is 0 Å². The predicted molar refractivity (Wildman–Crippen MR) is 164 cm³/mol. The van der Waals surface area contributed by atoms with Gasteiger partial charge in [-0.3, -0.25) is 0 Å². The molecule has 0 radical (unpaired) electrons. The normalized spacial score (nSPS) is 26.2. The van der Waals surface area contributed by atoms with E-state index >= 15 is 0 Å². The highest BCUT2D eigenvalue weighted by Gasteiger charge is 2.39. The van der Waals surface area contributed by atoms with Gasteiger partial charge in [0, 0.05) is 17.3 Å². The van der Waals surface area contributed by atoms with Crippen LogP contribution < -0.4 is 0 Å². The second-order valence-electron chi connectivity index (χ2n) is 12.8. The minimum atomic E-state index is 0.0702. The van der Waals surface area contributed by atoms with Crippen molar-refractivity contribution in [1.82, 2.24) is 9.97 Å². The van der Waals surface area contributed by atoms with E-state index in [1.54, 1.807) is 0 Å². The first kappa shape index (κ1) is 25.2. The molecule has 2 aromatic heterocycles. The van der Waals surface area contributed by atoms with Crippen molar-refractivity contribution in [3.8, 4) is 0 Å². The Bertz CT molecular complexity index is 1400. The molecule has 0 spiro atoms. The van der Waals surface area contributed by atoms with Gasteiger partial charge in [-0.05, 0) is 79.8 Å². The largest absolute Gasteiger partial charge is 0.241 e. The van der Waals surface area contributed by atoms with Gasteiger partial charge in [-0.1, -0.05) is 76.8 Å². The molecule has 3 aliphatic carbocycles. The fourth-order valence-electron chi connectivity index (χ4n) is 7.95. The van der Waals surface area contributed by atoms with Crippen LogP contribution in [0, 0.1) is 5.92 Å². The van der Waals surface area contributed by atoms with Crippen molar-refractivity contribution < 1.29 is 0 Å². The number of thiazole rings is 2. The highest BCUT2D eigenvalue weighted by molar-refractivity contribution is 7.19. The molecule has 3 aliphatic rings. The minimum Gasteiger partial charge on any atom is -0.241 e. The molecular weight excluding hydrogens is 501 g/mol. The second-order valence-corrected chi connectivity index (χ2v) is 14.9. The van der Waals surface area contributed by atoms with E-state index in [0.717, 1.165) is 5.92 Å². The Morgan fingerprint density at radius 2 is 1.13 bits per heavy atom. The van der Waals surface area contributed by atoms with Gasteiger partial charge in [0.2, 0.25) is 0 Å². The molecule has 4 aromatic rings. The zero-order valence-corrected chi connectivity index (χ0v) is 24.6. The summed E-state index contributed by atoms with van der Waals surface area (Å²) in [4.78, 5) is 10.5. The van der Waals surface area contributed by atoms with Gasteiger partial charge in [0.1, 0.15) is 0 Å². The van der Waals surface area contributed by atoms with Crippen LogP contribution in [0.15, 0.2) is 36.4 Å². The first-order valence-corrected chi connectivity index (χ1v) is 17.1. The fourth-order valence-corrected chi connectivity index (χ4v) is 10.2. The van der Waals surface area contributed by atoms with E-state index in [1.807, 2.05) is 22.7 Å². The Morgan fingerprint density at radius 3 is 1.63 bits per heavy atom. The number of benzene rings is 2. The maximum atomic E-state index is 5.29. The number of hydrogen-bond acceptors (Lipinski definition) is 4. The van der Waals surface area contributed by atoms with E-state index in [2.05, 4.69) is 43.3 Å². The molecule has 2 nitrogen and oxygen atoms in total. The highest BCUT2D eigenvalue weighted by atomic mass is 32.1. The van der Waals surface area contributed by atoms with Crippen molar-refractivity contribution in [1.29, 1.82) is 0 Å². The van der Waals surface area contributed by atoms with Crippen LogP contribution >= 0.6 is 22.7 Å². The molecule has 0 amide bonds. The molecular formula is C34H42N2S2. The number of aromatic nitrogens is 2. The quantitative estimate of drug-likeness (QED) is 0.240. The first-order valence-electron chi connectivity index (χ1n) is 15.5. The number of fused-ring (bicyclic) bond motifs is 2. The third-order valence-electron chi connectivity index (χ3n) is 10.1. The second kappa shape index (κ2) is 10.7. The average molecular weight is 543 g/mol. The molecule has 0 bridgehead atoms. The Kier molecular flexibility index (Phi) is 7.07. The summed E-state index contributed by atoms with van der Waals surface area (Å²) in [5, 5.41) is 2.78. The summed E-state index contributed by atoms with van der Waals surface area (Å²) in [6.07, 6.45) is 20.1. The molecule has 0 aliphatic heterocycles. The first-order chi connectivity index (χ1) is 18.7. The van der Waals surface area contributed by atoms with Crippen LogP contribution in [0.4, 0.5) is 0 Å². The van der Waals surface area contributed by atoms with Gasteiger partial charge in [-0.15, -0.1) is 22.7 Å². The third-order valence-corrected chi connectivity index (χ3v) is 12.5. The van der Waals surface area contributed by atoms with Crippen LogP contribution in [0.25, 0.3) is 20.4 Å². The van der Waals surface area contributed by atoms with E-state index in [4.69, 9.17) is 9.97 Å². The van der Waals surface area contributed by atoms with Crippen LogP contribution in [0.5, 0.6) is 0 Å². The van der Waals surface area contributed by atoms with Crippen molar-refractivity contribution in [2.24, 2.45) is 5.92 Å². The van der Waals surface area contributed by atoms with Gasteiger partial charge < -0.3 is 0 Å². The van der Waals surface area contributed by atoms with E-state index in [0.29, 0.717) is 11.8 Å². The molecule has 2 atom stereocenters. The number of nitrogens with zero attached hydrogens (tertiary/aromatic N) is 2. The SMILES string of the molecule is CC1CCCC(c2ccc3sc(C4CCCCCC4)nc3c2)(c2ccc3sc(C4CCCCC4)nc3c2)C1. The minimum absolute atomic E-state index is 0.0702. The lowest BCUT2D eigenvalue weighted by Crippen LogP contribution is -2.33. The molecule has 2 unspecified atom stereocenters. The monoisotopic (exact) mass is 542 g/mol. The molecule has 4 heteroatoms. The molecule has 2 aromatic carbocycles. The van der Waals surface area contributed by atoms with Crippen molar-refractivity contribution in [2.45, 2.75) is 120 Å². The third kappa shape index (κ3) is 4.74. The number of rotatable bonds is 4. The summed E-state index contributed by atoms with van der Waals surface area (Å²) in [5.74, 6) is 2.09. The zero-order valence-electron chi connectivity index (χ0n) is 23.0. The standard InChI is InChI=1S/C34H42N2S2/c1-23-10-9-19-34(22-23,27-16-18-31-29(21-27)36-33(38-31)25-13-7-4-8-14-25)26-15-17-30-28(20-26)35-32(37-30)24-11-5-2-3-6-12-24/h15-18,20-21,23-25H,2-14,19,22H2,1H3. The molecule has 3 saturated carbocycles. The lowest BCUT2D eigenvalue weighted by molar-refractivity contribution is 0.273. The summed E-state index contributed by atoms with van der Waals surface area (Å²) in [5.41, 5.74) is 5.50. The van der Waals surface area contributed by atoms with Crippen molar-refractivity contribution >= 4 is 43.1 Å².